The maximum absolute atomic E-state index is 12.0. The summed E-state index contributed by atoms with van der Waals surface area (Å²) in [5.74, 6) is 0.359. The zero-order chi connectivity index (χ0) is 16.8. The summed E-state index contributed by atoms with van der Waals surface area (Å²) in [4.78, 5) is 12.0. The van der Waals surface area contributed by atoms with Gasteiger partial charge in [-0.2, -0.15) is 0 Å². The van der Waals surface area contributed by atoms with E-state index in [-0.39, 0.29) is 11.7 Å². The third kappa shape index (κ3) is 4.11. The lowest BCUT2D eigenvalue weighted by molar-refractivity contribution is 0.0735. The van der Waals surface area contributed by atoms with Gasteiger partial charge in [0.15, 0.2) is 0 Å². The summed E-state index contributed by atoms with van der Waals surface area (Å²) in [6.45, 7) is 0. The molecule has 0 radical (unpaired) electrons. The van der Waals surface area contributed by atoms with Crippen LogP contribution in [-0.2, 0) is 0 Å². The summed E-state index contributed by atoms with van der Waals surface area (Å²) >= 11 is 0. The smallest absolute Gasteiger partial charge is 0.343 e. The van der Waals surface area contributed by atoms with Gasteiger partial charge in [-0.1, -0.05) is 54.6 Å². The molecule has 0 bridgehead atoms. The van der Waals surface area contributed by atoms with Crippen LogP contribution in [0.25, 0.3) is 12.2 Å². The van der Waals surface area contributed by atoms with E-state index in [4.69, 9.17) is 4.74 Å². The van der Waals surface area contributed by atoms with Crippen molar-refractivity contribution in [2.24, 2.45) is 0 Å². The second kappa shape index (κ2) is 7.29. The fraction of sp³-hybridized carbons (Fsp3) is 0. The largest absolute Gasteiger partial charge is 0.508 e. The number of carbonyl (C=O) groups is 1. The molecule has 0 aromatic heterocycles. The van der Waals surface area contributed by atoms with Crippen molar-refractivity contribution in [3.8, 4) is 11.5 Å². The Morgan fingerprint density at radius 3 is 2.21 bits per heavy atom. The van der Waals surface area contributed by atoms with Gasteiger partial charge in [-0.15, -0.1) is 0 Å². The third-order valence-corrected chi connectivity index (χ3v) is 3.44. The van der Waals surface area contributed by atoms with Gasteiger partial charge in [-0.3, -0.25) is 0 Å². The maximum atomic E-state index is 12.0. The van der Waals surface area contributed by atoms with Crippen LogP contribution in [0.2, 0.25) is 0 Å². The number of rotatable bonds is 4. The average Bonchev–Trinajstić information content (AvgIpc) is 2.62. The molecule has 0 atom stereocenters. The SMILES string of the molecule is O=C(Oc1ccc(/C=C/c2cccc(O)c2)cc1)c1ccccc1. The molecule has 0 aliphatic rings. The van der Waals surface area contributed by atoms with E-state index >= 15 is 0 Å². The molecule has 118 valence electrons. The monoisotopic (exact) mass is 316 g/mol. The summed E-state index contributed by atoms with van der Waals surface area (Å²) in [5.41, 5.74) is 2.40. The van der Waals surface area contributed by atoms with Gasteiger partial charge >= 0.3 is 5.97 Å². The molecule has 0 spiro atoms. The molecule has 3 heteroatoms. The Morgan fingerprint density at radius 1 is 0.792 bits per heavy atom. The Bertz CT molecular complexity index is 850. The number of phenols is 1. The Kier molecular flexibility index (Phi) is 4.73. The van der Waals surface area contributed by atoms with Gasteiger partial charge in [0.2, 0.25) is 0 Å². The van der Waals surface area contributed by atoms with Crippen molar-refractivity contribution >= 4 is 18.1 Å². The number of phenolic OH excluding ortho intramolecular Hbond substituents is 1. The molecule has 24 heavy (non-hydrogen) atoms. The molecule has 3 aromatic carbocycles. The van der Waals surface area contributed by atoms with Crippen LogP contribution in [0.5, 0.6) is 11.5 Å². The number of aromatic hydroxyl groups is 1. The Morgan fingerprint density at radius 2 is 1.50 bits per heavy atom. The lowest BCUT2D eigenvalue weighted by Crippen LogP contribution is -2.07. The topological polar surface area (TPSA) is 46.5 Å². The Labute approximate surface area is 140 Å². The van der Waals surface area contributed by atoms with E-state index in [0.29, 0.717) is 11.3 Å². The van der Waals surface area contributed by atoms with Crippen LogP contribution in [0, 0.1) is 0 Å². The predicted molar refractivity (Wildman–Crippen MR) is 94.9 cm³/mol. The highest BCUT2D eigenvalue weighted by atomic mass is 16.5. The van der Waals surface area contributed by atoms with Crippen molar-refractivity contribution in [2.75, 3.05) is 0 Å². The van der Waals surface area contributed by atoms with Gasteiger partial charge in [-0.25, -0.2) is 4.79 Å². The highest BCUT2D eigenvalue weighted by molar-refractivity contribution is 5.91. The van der Waals surface area contributed by atoms with Crippen molar-refractivity contribution in [1.29, 1.82) is 0 Å². The van der Waals surface area contributed by atoms with Crippen molar-refractivity contribution in [3.05, 3.63) is 95.6 Å². The molecule has 0 amide bonds. The number of hydrogen-bond acceptors (Lipinski definition) is 3. The minimum absolute atomic E-state index is 0.236. The predicted octanol–water partition coefficient (Wildman–Crippen LogP) is 4.78. The van der Waals surface area contributed by atoms with Crippen LogP contribution in [0.15, 0.2) is 78.9 Å². The van der Waals surface area contributed by atoms with E-state index in [1.54, 1.807) is 54.6 Å². The van der Waals surface area contributed by atoms with E-state index in [1.165, 1.54) is 0 Å². The maximum Gasteiger partial charge on any atom is 0.343 e. The zero-order valence-corrected chi connectivity index (χ0v) is 12.9. The second-order valence-corrected chi connectivity index (χ2v) is 5.25. The van der Waals surface area contributed by atoms with Gasteiger partial charge in [0.1, 0.15) is 11.5 Å². The zero-order valence-electron chi connectivity index (χ0n) is 12.9. The first-order chi connectivity index (χ1) is 11.7. The van der Waals surface area contributed by atoms with E-state index < -0.39 is 0 Å². The molecule has 0 saturated carbocycles. The Hall–Kier alpha value is -3.33. The minimum Gasteiger partial charge on any atom is -0.508 e. The number of esters is 1. The van der Waals surface area contributed by atoms with Crippen molar-refractivity contribution < 1.29 is 14.6 Å². The average molecular weight is 316 g/mol. The quantitative estimate of drug-likeness (QED) is 0.428. The van der Waals surface area contributed by atoms with E-state index in [1.807, 2.05) is 36.4 Å². The first-order valence-electron chi connectivity index (χ1n) is 7.55. The molecule has 3 rings (SSSR count). The molecule has 0 aliphatic carbocycles. The van der Waals surface area contributed by atoms with Gasteiger partial charge in [0, 0.05) is 0 Å². The van der Waals surface area contributed by atoms with Crippen LogP contribution < -0.4 is 4.74 Å². The van der Waals surface area contributed by atoms with Crippen molar-refractivity contribution in [2.45, 2.75) is 0 Å². The van der Waals surface area contributed by atoms with E-state index in [2.05, 4.69) is 0 Å². The first-order valence-corrected chi connectivity index (χ1v) is 7.55. The molecular formula is C21H16O3. The fourth-order valence-electron chi connectivity index (χ4n) is 2.21. The molecule has 0 fully saturated rings. The molecule has 0 unspecified atom stereocenters. The van der Waals surface area contributed by atoms with Crippen LogP contribution in [-0.4, -0.2) is 11.1 Å². The molecule has 1 N–H and O–H groups in total. The summed E-state index contributed by atoms with van der Waals surface area (Å²) in [6.07, 6.45) is 3.84. The molecule has 3 nitrogen and oxygen atoms in total. The van der Waals surface area contributed by atoms with Gasteiger partial charge < -0.3 is 9.84 Å². The third-order valence-electron chi connectivity index (χ3n) is 3.44. The fourth-order valence-corrected chi connectivity index (χ4v) is 2.21. The lowest BCUT2D eigenvalue weighted by atomic mass is 10.1. The van der Waals surface area contributed by atoms with Crippen molar-refractivity contribution in [3.63, 3.8) is 0 Å². The minimum atomic E-state index is -0.376. The number of carbonyl (C=O) groups excluding carboxylic acids is 1. The van der Waals surface area contributed by atoms with E-state index in [0.717, 1.165) is 11.1 Å². The molecule has 0 saturated heterocycles. The summed E-state index contributed by atoms with van der Waals surface area (Å²) in [7, 11) is 0. The van der Waals surface area contributed by atoms with Gasteiger partial charge in [0.25, 0.3) is 0 Å². The lowest BCUT2D eigenvalue weighted by Gasteiger charge is -2.04. The summed E-state index contributed by atoms with van der Waals surface area (Å²) in [5, 5.41) is 9.44. The number of benzene rings is 3. The highest BCUT2D eigenvalue weighted by Gasteiger charge is 2.07. The second-order valence-electron chi connectivity index (χ2n) is 5.25. The number of hydrogen-bond donors (Lipinski definition) is 1. The summed E-state index contributed by atoms with van der Waals surface area (Å²) in [6, 6.07) is 23.1. The standard InChI is InChI=1S/C21H16O3/c22-19-8-4-5-17(15-19)10-9-16-11-13-20(14-12-16)24-21(23)18-6-2-1-3-7-18/h1-15,22H/b10-9+. The summed E-state index contributed by atoms with van der Waals surface area (Å²) < 4.78 is 5.34. The number of ether oxygens (including phenoxy) is 1. The molecule has 0 aliphatic heterocycles. The Balaban J connectivity index is 1.66. The van der Waals surface area contributed by atoms with Crippen LogP contribution in [0.4, 0.5) is 0 Å². The van der Waals surface area contributed by atoms with Crippen molar-refractivity contribution in [1.82, 2.24) is 0 Å². The molecular weight excluding hydrogens is 300 g/mol. The van der Waals surface area contributed by atoms with E-state index in [9.17, 15) is 9.90 Å². The molecule has 0 heterocycles. The van der Waals surface area contributed by atoms with Gasteiger partial charge in [-0.05, 0) is 47.5 Å². The van der Waals surface area contributed by atoms with Crippen LogP contribution >= 0.6 is 0 Å². The van der Waals surface area contributed by atoms with Crippen LogP contribution in [0.1, 0.15) is 21.5 Å². The van der Waals surface area contributed by atoms with Crippen LogP contribution in [0.3, 0.4) is 0 Å². The molecule has 3 aromatic rings. The normalized spacial score (nSPS) is 10.7. The first kappa shape index (κ1) is 15.6. The van der Waals surface area contributed by atoms with Gasteiger partial charge in [0.05, 0.1) is 5.56 Å². The highest BCUT2D eigenvalue weighted by Crippen LogP contribution is 2.17.